The number of benzene rings is 2. The maximum atomic E-state index is 12.0. The zero-order valence-electron chi connectivity index (χ0n) is 12.1. The number of nitrogens with one attached hydrogen (secondary N) is 2. The van der Waals surface area contributed by atoms with Crippen LogP contribution in [0.25, 0.3) is 0 Å². The van der Waals surface area contributed by atoms with E-state index in [2.05, 4.69) is 16.7 Å². The smallest absolute Gasteiger partial charge is 0.319 e. The largest absolute Gasteiger partial charge is 0.334 e. The summed E-state index contributed by atoms with van der Waals surface area (Å²) in [5.74, 6) is 0. The van der Waals surface area contributed by atoms with Crippen LogP contribution in [0.15, 0.2) is 30.3 Å². The second-order valence-corrected chi connectivity index (χ2v) is 6.30. The van der Waals surface area contributed by atoms with Gasteiger partial charge in [0.25, 0.3) is 0 Å². The molecule has 0 spiro atoms. The van der Waals surface area contributed by atoms with Gasteiger partial charge in [-0.05, 0) is 31.5 Å². The Kier molecular flexibility index (Phi) is 5.57. The van der Waals surface area contributed by atoms with E-state index in [0.29, 0.717) is 27.3 Å². The molecule has 0 saturated heterocycles. The highest BCUT2D eigenvalue weighted by Crippen LogP contribution is 2.33. The number of hydrogen-bond donors (Lipinski definition) is 2. The van der Waals surface area contributed by atoms with E-state index in [1.807, 2.05) is 26.0 Å². The zero-order chi connectivity index (χ0) is 16.3. The first kappa shape index (κ1) is 16.9. The van der Waals surface area contributed by atoms with Crippen LogP contribution >= 0.6 is 34.8 Å². The van der Waals surface area contributed by atoms with Crippen molar-refractivity contribution in [2.45, 2.75) is 20.4 Å². The van der Waals surface area contributed by atoms with E-state index in [0.717, 1.165) is 16.7 Å². The molecule has 0 aliphatic rings. The highest BCUT2D eigenvalue weighted by molar-refractivity contribution is 6.42. The Morgan fingerprint density at radius 1 is 0.955 bits per heavy atom. The lowest BCUT2D eigenvalue weighted by Gasteiger charge is -2.11. The van der Waals surface area contributed by atoms with Gasteiger partial charge in [0, 0.05) is 11.6 Å². The predicted molar refractivity (Wildman–Crippen MR) is 93.2 cm³/mol. The summed E-state index contributed by atoms with van der Waals surface area (Å²) >= 11 is 17.9. The molecule has 0 atom stereocenters. The number of anilines is 1. The number of urea groups is 1. The molecule has 0 saturated carbocycles. The first-order valence-corrected chi connectivity index (χ1v) is 7.75. The second-order valence-electron chi connectivity index (χ2n) is 5.05. The lowest BCUT2D eigenvalue weighted by molar-refractivity contribution is 0.251. The lowest BCUT2D eigenvalue weighted by Crippen LogP contribution is -2.28. The zero-order valence-corrected chi connectivity index (χ0v) is 14.4. The van der Waals surface area contributed by atoms with Gasteiger partial charge in [0.15, 0.2) is 0 Å². The summed E-state index contributed by atoms with van der Waals surface area (Å²) in [4.78, 5) is 12.0. The van der Waals surface area contributed by atoms with Crippen molar-refractivity contribution in [3.8, 4) is 0 Å². The molecular formula is C16H15Cl3N2O. The second kappa shape index (κ2) is 7.23. The molecule has 0 bridgehead atoms. The fraction of sp³-hybridized carbons (Fsp3) is 0.188. The number of carbonyl (C=O) groups is 1. The average molecular weight is 358 g/mol. The molecule has 0 fully saturated rings. The first-order chi connectivity index (χ1) is 10.3. The summed E-state index contributed by atoms with van der Waals surface area (Å²) < 4.78 is 0. The Labute approximate surface area is 144 Å². The molecule has 0 heterocycles. The molecule has 116 valence electrons. The normalized spacial score (nSPS) is 10.4. The third kappa shape index (κ3) is 4.54. The van der Waals surface area contributed by atoms with Crippen LogP contribution in [0.3, 0.4) is 0 Å². The molecule has 0 aliphatic carbocycles. The molecule has 0 radical (unpaired) electrons. The molecule has 6 heteroatoms. The van der Waals surface area contributed by atoms with Crippen molar-refractivity contribution < 1.29 is 4.79 Å². The van der Waals surface area contributed by atoms with E-state index in [1.54, 1.807) is 0 Å². The highest BCUT2D eigenvalue weighted by atomic mass is 35.5. The Hall–Kier alpha value is -1.42. The number of rotatable bonds is 3. The van der Waals surface area contributed by atoms with Gasteiger partial charge in [-0.2, -0.15) is 0 Å². The van der Waals surface area contributed by atoms with Gasteiger partial charge in [-0.1, -0.05) is 64.1 Å². The molecule has 0 aromatic heterocycles. The summed E-state index contributed by atoms with van der Waals surface area (Å²) in [5.41, 5.74) is 3.67. The minimum absolute atomic E-state index is 0.291. The van der Waals surface area contributed by atoms with Crippen LogP contribution in [-0.2, 0) is 6.54 Å². The van der Waals surface area contributed by atoms with Crippen molar-refractivity contribution >= 4 is 46.5 Å². The summed E-state index contributed by atoms with van der Waals surface area (Å²) in [6.45, 7) is 4.45. The Bertz CT molecular complexity index is 673. The van der Waals surface area contributed by atoms with Crippen molar-refractivity contribution in [1.29, 1.82) is 0 Å². The molecular weight excluding hydrogens is 343 g/mol. The Balaban J connectivity index is 2.02. The van der Waals surface area contributed by atoms with E-state index in [9.17, 15) is 4.79 Å². The van der Waals surface area contributed by atoms with Crippen molar-refractivity contribution in [2.24, 2.45) is 0 Å². The average Bonchev–Trinajstić information content (AvgIpc) is 2.39. The fourth-order valence-electron chi connectivity index (χ4n) is 2.17. The lowest BCUT2D eigenvalue weighted by atomic mass is 10.1. The van der Waals surface area contributed by atoms with Crippen LogP contribution in [0.2, 0.25) is 15.1 Å². The maximum absolute atomic E-state index is 12.0. The quantitative estimate of drug-likeness (QED) is 0.739. The molecule has 2 aromatic carbocycles. The van der Waals surface area contributed by atoms with E-state index >= 15 is 0 Å². The highest BCUT2D eigenvalue weighted by Gasteiger charge is 2.11. The van der Waals surface area contributed by atoms with Gasteiger partial charge >= 0.3 is 6.03 Å². The number of amides is 2. The van der Waals surface area contributed by atoms with Gasteiger partial charge in [0.1, 0.15) is 0 Å². The van der Waals surface area contributed by atoms with Gasteiger partial charge in [-0.3, -0.25) is 0 Å². The Morgan fingerprint density at radius 2 is 1.50 bits per heavy atom. The van der Waals surface area contributed by atoms with Crippen molar-refractivity contribution in [3.63, 3.8) is 0 Å². The van der Waals surface area contributed by atoms with Gasteiger partial charge in [0.05, 0.1) is 15.7 Å². The molecule has 22 heavy (non-hydrogen) atoms. The minimum Gasteiger partial charge on any atom is -0.334 e. The fourth-order valence-corrected chi connectivity index (χ4v) is 3.08. The summed E-state index contributed by atoms with van der Waals surface area (Å²) in [6, 6.07) is 8.79. The summed E-state index contributed by atoms with van der Waals surface area (Å²) in [7, 11) is 0. The third-order valence-electron chi connectivity index (χ3n) is 2.98. The van der Waals surface area contributed by atoms with Gasteiger partial charge in [-0.15, -0.1) is 0 Å². The third-order valence-corrected chi connectivity index (χ3v) is 3.79. The monoisotopic (exact) mass is 356 g/mol. The SMILES string of the molecule is Cc1cc(C)cc(CNC(=O)Nc2c(Cl)cc(Cl)cc2Cl)c1. The van der Waals surface area contributed by atoms with E-state index in [4.69, 9.17) is 34.8 Å². The van der Waals surface area contributed by atoms with Crippen LogP contribution in [0.5, 0.6) is 0 Å². The molecule has 2 aromatic rings. The summed E-state index contributed by atoms with van der Waals surface area (Å²) in [5, 5.41) is 6.40. The molecule has 0 unspecified atom stereocenters. The van der Waals surface area contributed by atoms with Crippen LogP contribution < -0.4 is 10.6 Å². The number of aryl methyl sites for hydroxylation is 2. The molecule has 2 N–H and O–H groups in total. The van der Waals surface area contributed by atoms with Crippen molar-refractivity contribution in [3.05, 3.63) is 62.1 Å². The van der Waals surface area contributed by atoms with E-state index < -0.39 is 0 Å². The van der Waals surface area contributed by atoms with Crippen molar-refractivity contribution in [1.82, 2.24) is 5.32 Å². The van der Waals surface area contributed by atoms with Crippen LogP contribution in [0, 0.1) is 13.8 Å². The molecule has 3 nitrogen and oxygen atoms in total. The van der Waals surface area contributed by atoms with Crippen LogP contribution in [-0.4, -0.2) is 6.03 Å². The first-order valence-electron chi connectivity index (χ1n) is 6.61. The minimum atomic E-state index is -0.384. The molecule has 2 rings (SSSR count). The van der Waals surface area contributed by atoms with E-state index in [1.165, 1.54) is 12.1 Å². The number of halogens is 3. The van der Waals surface area contributed by atoms with Crippen LogP contribution in [0.4, 0.5) is 10.5 Å². The standard InChI is InChI=1S/C16H15Cl3N2O/c1-9-3-10(2)5-11(4-9)8-20-16(22)21-15-13(18)6-12(17)7-14(15)19/h3-7H,8H2,1-2H3,(H2,20,21,22). The molecule has 2 amide bonds. The predicted octanol–water partition coefficient (Wildman–Crippen LogP) is 5.59. The van der Waals surface area contributed by atoms with Gasteiger partial charge < -0.3 is 10.6 Å². The molecule has 0 aliphatic heterocycles. The number of hydrogen-bond acceptors (Lipinski definition) is 1. The van der Waals surface area contributed by atoms with Gasteiger partial charge in [-0.25, -0.2) is 4.79 Å². The maximum Gasteiger partial charge on any atom is 0.319 e. The van der Waals surface area contributed by atoms with Gasteiger partial charge in [0.2, 0.25) is 0 Å². The number of carbonyl (C=O) groups excluding carboxylic acids is 1. The van der Waals surface area contributed by atoms with Crippen LogP contribution in [0.1, 0.15) is 16.7 Å². The van der Waals surface area contributed by atoms with E-state index in [-0.39, 0.29) is 6.03 Å². The summed E-state index contributed by atoms with van der Waals surface area (Å²) in [6.07, 6.45) is 0. The van der Waals surface area contributed by atoms with Crippen molar-refractivity contribution in [2.75, 3.05) is 5.32 Å². The topological polar surface area (TPSA) is 41.1 Å². The Morgan fingerprint density at radius 3 is 2.05 bits per heavy atom.